The molecule has 0 bridgehead atoms. The van der Waals surface area contributed by atoms with E-state index in [0.717, 1.165) is 33.9 Å². The van der Waals surface area contributed by atoms with Crippen molar-refractivity contribution in [1.82, 2.24) is 20.9 Å². The highest BCUT2D eigenvalue weighted by atomic mass is 16.5. The van der Waals surface area contributed by atoms with E-state index in [1.807, 2.05) is 72.8 Å². The van der Waals surface area contributed by atoms with Crippen molar-refractivity contribution in [3.63, 3.8) is 0 Å². The summed E-state index contributed by atoms with van der Waals surface area (Å²) in [4.78, 5) is 39.6. The molecule has 0 heterocycles. The first-order valence-corrected chi connectivity index (χ1v) is 14.3. The number of amides is 3. The molecule has 0 spiro atoms. The summed E-state index contributed by atoms with van der Waals surface area (Å²) in [5.41, 5.74) is 2.69. The average Bonchev–Trinajstić information content (AvgIpc) is 3.02. The number of rotatable bonds is 18. The van der Waals surface area contributed by atoms with E-state index in [-0.39, 0.29) is 37.0 Å². The van der Waals surface area contributed by atoms with Crippen molar-refractivity contribution in [2.24, 2.45) is 0 Å². The van der Waals surface area contributed by atoms with Gasteiger partial charge in [-0.1, -0.05) is 36.4 Å². The quantitative estimate of drug-likeness (QED) is 0.208. The van der Waals surface area contributed by atoms with Crippen molar-refractivity contribution in [3.05, 3.63) is 89.5 Å². The maximum absolute atomic E-state index is 12.5. The summed E-state index contributed by atoms with van der Waals surface area (Å²) < 4.78 is 15.5. The second-order valence-electron chi connectivity index (χ2n) is 9.97. The van der Waals surface area contributed by atoms with Crippen molar-refractivity contribution in [2.45, 2.75) is 19.3 Å². The highest BCUT2D eigenvalue weighted by Crippen LogP contribution is 2.13. The molecule has 0 unspecified atom stereocenters. The van der Waals surface area contributed by atoms with Crippen LogP contribution in [-0.2, 0) is 33.6 Å². The first-order valence-electron chi connectivity index (χ1n) is 14.3. The van der Waals surface area contributed by atoms with Crippen LogP contribution in [0.5, 0.6) is 17.2 Å². The summed E-state index contributed by atoms with van der Waals surface area (Å²) in [6.07, 6.45) is 0.812. The summed E-state index contributed by atoms with van der Waals surface area (Å²) >= 11 is 0. The third kappa shape index (κ3) is 12.5. The first kappa shape index (κ1) is 32.9. The van der Waals surface area contributed by atoms with Gasteiger partial charge in [0.25, 0.3) is 0 Å². The number of carbonyl (C=O) groups excluding carboxylic acids is 3. The fourth-order valence-electron chi connectivity index (χ4n) is 4.37. The predicted molar refractivity (Wildman–Crippen MR) is 166 cm³/mol. The number of carbonyl (C=O) groups is 3. The molecule has 10 heteroatoms. The van der Waals surface area contributed by atoms with Crippen LogP contribution >= 0.6 is 0 Å². The van der Waals surface area contributed by atoms with Crippen LogP contribution in [-0.4, -0.2) is 83.2 Å². The Morgan fingerprint density at radius 3 is 0.977 bits per heavy atom. The lowest BCUT2D eigenvalue weighted by Crippen LogP contribution is -2.43. The van der Waals surface area contributed by atoms with Crippen molar-refractivity contribution < 1.29 is 28.6 Å². The van der Waals surface area contributed by atoms with Gasteiger partial charge in [0.15, 0.2) is 0 Å². The largest absolute Gasteiger partial charge is 0.497 e. The van der Waals surface area contributed by atoms with Gasteiger partial charge in [-0.3, -0.25) is 19.3 Å². The van der Waals surface area contributed by atoms with E-state index in [9.17, 15) is 14.4 Å². The molecular formula is C33H42N4O6. The lowest BCUT2D eigenvalue weighted by molar-refractivity contribution is -0.121. The van der Waals surface area contributed by atoms with Gasteiger partial charge in [0.05, 0.1) is 40.6 Å². The van der Waals surface area contributed by atoms with Gasteiger partial charge in [-0.2, -0.15) is 0 Å². The van der Waals surface area contributed by atoms with E-state index in [1.165, 1.54) is 0 Å². The maximum Gasteiger partial charge on any atom is 0.224 e. The lowest BCUT2D eigenvalue weighted by Gasteiger charge is -2.23. The van der Waals surface area contributed by atoms with Gasteiger partial charge in [0, 0.05) is 39.3 Å². The summed E-state index contributed by atoms with van der Waals surface area (Å²) in [5, 5.41) is 8.90. The molecular weight excluding hydrogens is 548 g/mol. The van der Waals surface area contributed by atoms with Gasteiger partial charge in [0.1, 0.15) is 17.2 Å². The Labute approximate surface area is 253 Å². The van der Waals surface area contributed by atoms with E-state index in [2.05, 4.69) is 20.9 Å². The monoisotopic (exact) mass is 590 g/mol. The standard InChI is InChI=1S/C33H42N4O6/c1-41-28-10-4-25(5-11-28)22-31(38)34-16-19-37(20-17-35-32(39)23-26-6-12-29(42-2)13-7-26)21-18-36-33(40)24-27-8-14-30(43-3)15-9-27/h4-15H,16-24H2,1-3H3,(H,34,38)(H,35,39)(H,36,40). The fraction of sp³-hybridized carbons (Fsp3) is 0.364. The smallest absolute Gasteiger partial charge is 0.224 e. The summed E-state index contributed by atoms with van der Waals surface area (Å²) in [6, 6.07) is 22.2. The molecule has 0 atom stereocenters. The Morgan fingerprint density at radius 1 is 0.488 bits per heavy atom. The number of nitrogens with zero attached hydrogens (tertiary/aromatic N) is 1. The third-order valence-corrected chi connectivity index (χ3v) is 6.82. The second-order valence-corrected chi connectivity index (χ2v) is 9.97. The van der Waals surface area contributed by atoms with E-state index < -0.39 is 0 Å². The molecule has 43 heavy (non-hydrogen) atoms. The minimum absolute atomic E-state index is 0.0781. The van der Waals surface area contributed by atoms with Crippen molar-refractivity contribution in [1.29, 1.82) is 0 Å². The maximum atomic E-state index is 12.5. The molecule has 0 aromatic heterocycles. The number of ether oxygens (including phenoxy) is 3. The van der Waals surface area contributed by atoms with Crippen LogP contribution < -0.4 is 30.2 Å². The molecule has 3 rings (SSSR count). The Balaban J connectivity index is 1.45. The van der Waals surface area contributed by atoms with Crippen molar-refractivity contribution in [3.8, 4) is 17.2 Å². The van der Waals surface area contributed by atoms with Gasteiger partial charge in [-0.15, -0.1) is 0 Å². The summed E-state index contributed by atoms with van der Waals surface area (Å²) in [7, 11) is 4.81. The predicted octanol–water partition coefficient (Wildman–Crippen LogP) is 2.39. The van der Waals surface area contributed by atoms with Crippen LogP contribution in [0, 0.1) is 0 Å². The van der Waals surface area contributed by atoms with Crippen LogP contribution in [0.15, 0.2) is 72.8 Å². The Morgan fingerprint density at radius 2 is 0.744 bits per heavy atom. The van der Waals surface area contributed by atoms with Crippen LogP contribution in [0.4, 0.5) is 0 Å². The number of hydrogen-bond donors (Lipinski definition) is 3. The molecule has 230 valence electrons. The van der Waals surface area contributed by atoms with Crippen LogP contribution in [0.3, 0.4) is 0 Å². The normalized spacial score (nSPS) is 10.6. The van der Waals surface area contributed by atoms with E-state index in [4.69, 9.17) is 14.2 Å². The number of methoxy groups -OCH3 is 3. The number of hydrogen-bond acceptors (Lipinski definition) is 7. The molecule has 0 fully saturated rings. The molecule has 3 aromatic carbocycles. The molecule has 0 aliphatic heterocycles. The van der Waals surface area contributed by atoms with Crippen LogP contribution in [0.2, 0.25) is 0 Å². The average molecular weight is 591 g/mol. The second kappa shape index (κ2) is 18.1. The number of nitrogens with one attached hydrogen (secondary N) is 3. The Kier molecular flexibility index (Phi) is 13.8. The third-order valence-electron chi connectivity index (χ3n) is 6.82. The van der Waals surface area contributed by atoms with E-state index in [1.54, 1.807) is 21.3 Å². The highest BCUT2D eigenvalue weighted by molar-refractivity contribution is 5.79. The zero-order valence-corrected chi connectivity index (χ0v) is 25.2. The first-order chi connectivity index (χ1) is 20.9. The lowest BCUT2D eigenvalue weighted by atomic mass is 10.1. The SMILES string of the molecule is COc1ccc(CC(=O)NCCN(CCNC(=O)Cc2ccc(OC)cc2)CCNC(=O)Cc2ccc(OC)cc2)cc1. The van der Waals surface area contributed by atoms with Gasteiger partial charge >= 0.3 is 0 Å². The van der Waals surface area contributed by atoms with Crippen molar-refractivity contribution in [2.75, 3.05) is 60.6 Å². The van der Waals surface area contributed by atoms with E-state index >= 15 is 0 Å². The molecule has 3 aromatic rings. The summed E-state index contributed by atoms with van der Waals surface area (Å²) in [5.74, 6) is 1.99. The van der Waals surface area contributed by atoms with Gasteiger partial charge < -0.3 is 30.2 Å². The molecule has 3 N–H and O–H groups in total. The number of benzene rings is 3. The molecule has 0 radical (unpaired) electrons. The molecule has 0 saturated carbocycles. The van der Waals surface area contributed by atoms with Gasteiger partial charge in [0.2, 0.25) is 17.7 Å². The fourth-order valence-corrected chi connectivity index (χ4v) is 4.37. The van der Waals surface area contributed by atoms with Gasteiger partial charge in [-0.25, -0.2) is 0 Å². The van der Waals surface area contributed by atoms with Crippen molar-refractivity contribution >= 4 is 17.7 Å². The molecule has 3 amide bonds. The highest BCUT2D eigenvalue weighted by Gasteiger charge is 2.11. The van der Waals surface area contributed by atoms with Crippen LogP contribution in [0.1, 0.15) is 16.7 Å². The Hall–Kier alpha value is -4.57. The molecule has 0 aliphatic rings. The zero-order valence-electron chi connectivity index (χ0n) is 25.2. The van der Waals surface area contributed by atoms with Gasteiger partial charge in [-0.05, 0) is 53.1 Å². The zero-order chi connectivity index (χ0) is 30.9. The minimum Gasteiger partial charge on any atom is -0.497 e. The molecule has 10 nitrogen and oxygen atoms in total. The van der Waals surface area contributed by atoms with Crippen LogP contribution in [0.25, 0.3) is 0 Å². The molecule has 0 aliphatic carbocycles. The topological polar surface area (TPSA) is 118 Å². The molecule has 0 saturated heterocycles. The summed E-state index contributed by atoms with van der Waals surface area (Å²) in [6.45, 7) is 3.02. The Bertz CT molecular complexity index is 1120. The minimum atomic E-state index is -0.0781. The van der Waals surface area contributed by atoms with E-state index in [0.29, 0.717) is 39.3 Å².